The minimum atomic E-state index is 0. The van der Waals surface area contributed by atoms with Gasteiger partial charge in [0.1, 0.15) is 5.76 Å². The van der Waals surface area contributed by atoms with Gasteiger partial charge in [0.25, 0.3) is 0 Å². The van der Waals surface area contributed by atoms with Gasteiger partial charge in [-0.2, -0.15) is 5.21 Å². The lowest BCUT2D eigenvalue weighted by Gasteiger charge is -2.08. The van der Waals surface area contributed by atoms with E-state index in [9.17, 15) is 0 Å². The zero-order valence-electron chi connectivity index (χ0n) is 14.8. The first-order chi connectivity index (χ1) is 12.7. The van der Waals surface area contributed by atoms with Crippen LogP contribution in [0.3, 0.4) is 0 Å². The Morgan fingerprint density at radius 1 is 1.00 bits per heavy atom. The topological polar surface area (TPSA) is 80.5 Å². The van der Waals surface area contributed by atoms with Crippen LogP contribution in [-0.2, 0) is 0 Å². The second-order valence-corrected chi connectivity index (χ2v) is 6.08. The lowest BCUT2D eigenvalue weighted by atomic mass is 9.97. The number of hydrogen-bond donors (Lipinski definition) is 1. The smallest absolute Gasteiger partial charge is 0.206 e. The average molecular weight is 379 g/mol. The van der Waals surface area contributed by atoms with Gasteiger partial charge in [-0.05, 0) is 71.6 Å². The Kier molecular flexibility index (Phi) is 5.47. The van der Waals surface area contributed by atoms with E-state index >= 15 is 0 Å². The SMILES string of the molecule is Cc1cc(-c2ccco2)cc(C)c1/C=C/c1cncc(-c2nn[nH]n2)c1.[Cl-]. The van der Waals surface area contributed by atoms with Gasteiger partial charge in [-0.3, -0.25) is 4.98 Å². The largest absolute Gasteiger partial charge is 1.00 e. The first-order valence-electron chi connectivity index (χ1n) is 8.23. The number of aromatic nitrogens is 5. The summed E-state index contributed by atoms with van der Waals surface area (Å²) in [6.07, 6.45) is 9.36. The number of halogens is 1. The zero-order valence-corrected chi connectivity index (χ0v) is 15.6. The van der Waals surface area contributed by atoms with Crippen molar-refractivity contribution in [2.24, 2.45) is 0 Å². The highest BCUT2D eigenvalue weighted by molar-refractivity contribution is 5.76. The molecule has 0 bridgehead atoms. The van der Waals surface area contributed by atoms with Crippen LogP contribution in [0.5, 0.6) is 0 Å². The van der Waals surface area contributed by atoms with Gasteiger partial charge in [-0.1, -0.05) is 12.2 Å². The van der Waals surface area contributed by atoms with Gasteiger partial charge in [0.05, 0.1) is 6.26 Å². The molecule has 0 radical (unpaired) electrons. The molecule has 0 spiro atoms. The second kappa shape index (κ2) is 7.97. The predicted octanol–water partition coefficient (Wildman–Crippen LogP) is 1.31. The lowest BCUT2D eigenvalue weighted by molar-refractivity contribution is -0.00000589. The number of aryl methyl sites for hydroxylation is 2. The number of hydrogen-bond acceptors (Lipinski definition) is 5. The molecule has 0 fully saturated rings. The second-order valence-electron chi connectivity index (χ2n) is 6.08. The maximum absolute atomic E-state index is 5.50. The van der Waals surface area contributed by atoms with Crippen LogP contribution in [0, 0.1) is 13.8 Å². The fourth-order valence-electron chi connectivity index (χ4n) is 2.96. The summed E-state index contributed by atoms with van der Waals surface area (Å²) in [5, 5.41) is 14.0. The molecule has 0 aliphatic rings. The molecule has 0 amide bonds. The molecule has 136 valence electrons. The third kappa shape index (κ3) is 3.96. The number of rotatable bonds is 4. The summed E-state index contributed by atoms with van der Waals surface area (Å²) in [5.41, 5.74) is 6.45. The molecule has 0 unspecified atom stereocenters. The first kappa shape index (κ1) is 18.5. The quantitative estimate of drug-likeness (QED) is 0.579. The molecule has 4 rings (SSSR count). The molecule has 3 aromatic heterocycles. The molecular formula is C20H17ClN5O-. The van der Waals surface area contributed by atoms with Gasteiger partial charge in [0.15, 0.2) is 0 Å². The molecule has 7 heteroatoms. The number of tetrazole rings is 1. The van der Waals surface area contributed by atoms with Crippen molar-refractivity contribution < 1.29 is 16.8 Å². The molecule has 4 aromatic rings. The minimum absolute atomic E-state index is 0. The van der Waals surface area contributed by atoms with Crippen LogP contribution in [0.4, 0.5) is 0 Å². The van der Waals surface area contributed by atoms with Crippen LogP contribution in [0.2, 0.25) is 0 Å². The van der Waals surface area contributed by atoms with Crippen LogP contribution in [0.1, 0.15) is 22.3 Å². The maximum atomic E-state index is 5.50. The summed E-state index contributed by atoms with van der Waals surface area (Å²) < 4.78 is 5.50. The zero-order chi connectivity index (χ0) is 17.9. The van der Waals surface area contributed by atoms with Crippen molar-refractivity contribution in [1.29, 1.82) is 0 Å². The van der Waals surface area contributed by atoms with E-state index in [-0.39, 0.29) is 12.4 Å². The van der Waals surface area contributed by atoms with E-state index < -0.39 is 0 Å². The standard InChI is InChI=1S/C20H17N5O.ClH/c1-13-8-16(19-4-3-7-26-19)9-14(2)18(13)6-5-15-10-17(12-21-11-15)20-22-24-25-23-20;/h3-12H,1-2H3,(H,22,23,24,25);1H/p-1/b6-5+;. The van der Waals surface area contributed by atoms with Gasteiger partial charge in [0.2, 0.25) is 5.82 Å². The highest BCUT2D eigenvalue weighted by Gasteiger charge is 2.07. The van der Waals surface area contributed by atoms with Crippen molar-refractivity contribution in [3.8, 4) is 22.7 Å². The molecule has 0 aliphatic carbocycles. The molecule has 6 nitrogen and oxygen atoms in total. The van der Waals surface area contributed by atoms with Crippen molar-refractivity contribution in [3.63, 3.8) is 0 Å². The van der Waals surface area contributed by atoms with Gasteiger partial charge >= 0.3 is 0 Å². The number of benzene rings is 1. The highest BCUT2D eigenvalue weighted by atomic mass is 35.5. The fourth-order valence-corrected chi connectivity index (χ4v) is 2.96. The van der Waals surface area contributed by atoms with Gasteiger partial charge in [0, 0.05) is 23.5 Å². The molecule has 0 atom stereocenters. The van der Waals surface area contributed by atoms with Crippen molar-refractivity contribution in [3.05, 3.63) is 71.2 Å². The van der Waals surface area contributed by atoms with Crippen molar-refractivity contribution in [2.75, 3.05) is 0 Å². The van der Waals surface area contributed by atoms with Crippen LogP contribution in [0.25, 0.3) is 34.9 Å². The Morgan fingerprint density at radius 3 is 2.48 bits per heavy atom. The molecule has 3 heterocycles. The van der Waals surface area contributed by atoms with Gasteiger partial charge in [-0.15, -0.1) is 10.2 Å². The first-order valence-corrected chi connectivity index (χ1v) is 8.23. The van der Waals surface area contributed by atoms with E-state index in [0.717, 1.165) is 22.5 Å². The Morgan fingerprint density at radius 2 is 1.81 bits per heavy atom. The van der Waals surface area contributed by atoms with Crippen LogP contribution in [0.15, 0.2) is 53.4 Å². The third-order valence-electron chi connectivity index (χ3n) is 4.20. The third-order valence-corrected chi connectivity index (χ3v) is 4.20. The number of furan rings is 1. The molecule has 0 saturated heterocycles. The summed E-state index contributed by atoms with van der Waals surface area (Å²) >= 11 is 0. The number of pyridine rings is 1. The maximum Gasteiger partial charge on any atom is 0.206 e. The van der Waals surface area contributed by atoms with Crippen molar-refractivity contribution in [1.82, 2.24) is 25.6 Å². The molecular weight excluding hydrogens is 362 g/mol. The molecule has 1 aromatic carbocycles. The van der Waals surface area contributed by atoms with Crippen molar-refractivity contribution in [2.45, 2.75) is 13.8 Å². The predicted molar refractivity (Wildman–Crippen MR) is 100.0 cm³/mol. The number of nitrogens with zero attached hydrogens (tertiary/aromatic N) is 4. The van der Waals surface area contributed by atoms with Crippen LogP contribution in [-0.4, -0.2) is 25.6 Å². The van der Waals surface area contributed by atoms with E-state index in [1.54, 1.807) is 12.5 Å². The Hall–Kier alpha value is -3.25. The molecule has 1 N–H and O–H groups in total. The lowest BCUT2D eigenvalue weighted by Crippen LogP contribution is -3.00. The van der Waals surface area contributed by atoms with E-state index in [2.05, 4.69) is 57.7 Å². The molecule has 27 heavy (non-hydrogen) atoms. The van der Waals surface area contributed by atoms with E-state index in [1.165, 1.54) is 16.7 Å². The summed E-state index contributed by atoms with van der Waals surface area (Å²) in [6, 6.07) is 10.1. The Balaban J connectivity index is 0.00000210. The normalized spacial score (nSPS) is 10.9. The summed E-state index contributed by atoms with van der Waals surface area (Å²) in [7, 11) is 0. The van der Waals surface area contributed by atoms with Crippen LogP contribution >= 0.6 is 0 Å². The summed E-state index contributed by atoms with van der Waals surface area (Å²) in [6.45, 7) is 4.21. The summed E-state index contributed by atoms with van der Waals surface area (Å²) in [4.78, 5) is 4.26. The fraction of sp³-hybridized carbons (Fsp3) is 0.100. The minimum Gasteiger partial charge on any atom is -1.00 e. The van der Waals surface area contributed by atoms with Crippen molar-refractivity contribution >= 4 is 12.2 Å². The molecule has 0 saturated carbocycles. The number of H-pyrrole nitrogens is 1. The van der Waals surface area contributed by atoms with Crippen LogP contribution < -0.4 is 12.4 Å². The molecule has 0 aliphatic heterocycles. The summed E-state index contributed by atoms with van der Waals surface area (Å²) in [5.74, 6) is 1.41. The highest BCUT2D eigenvalue weighted by Crippen LogP contribution is 2.27. The number of nitrogens with one attached hydrogen (secondary N) is 1. The average Bonchev–Trinajstić information content (AvgIpc) is 3.35. The van der Waals surface area contributed by atoms with E-state index in [1.807, 2.05) is 30.5 Å². The van der Waals surface area contributed by atoms with Gasteiger partial charge in [-0.25, -0.2) is 0 Å². The van der Waals surface area contributed by atoms with E-state index in [4.69, 9.17) is 4.42 Å². The van der Waals surface area contributed by atoms with Gasteiger partial charge < -0.3 is 16.8 Å². The Labute approximate surface area is 162 Å². The van der Waals surface area contributed by atoms with E-state index in [0.29, 0.717) is 5.82 Å². The Bertz CT molecular complexity index is 1030. The monoisotopic (exact) mass is 378 g/mol. The number of aromatic amines is 1.